The van der Waals surface area contributed by atoms with Crippen LogP contribution < -0.4 is 0 Å². The molecule has 0 spiro atoms. The van der Waals surface area contributed by atoms with Gasteiger partial charge in [0.2, 0.25) is 0 Å². The summed E-state index contributed by atoms with van der Waals surface area (Å²) in [7, 11) is 0. The van der Waals surface area contributed by atoms with Crippen molar-refractivity contribution in [3.63, 3.8) is 0 Å². The molecule has 30 heavy (non-hydrogen) atoms. The zero-order valence-electron chi connectivity index (χ0n) is 18.8. The molecule has 0 radical (unpaired) electrons. The number of carboxylic acids is 2. The Kier molecular flexibility index (Phi) is 22.3. The molecule has 0 aliphatic carbocycles. The molecular formula is C24H42O4S2. The predicted molar refractivity (Wildman–Crippen MR) is 131 cm³/mol. The molecule has 0 atom stereocenters. The molecule has 0 heterocycles. The van der Waals surface area contributed by atoms with Crippen LogP contribution in [0.5, 0.6) is 0 Å². The van der Waals surface area contributed by atoms with Gasteiger partial charge < -0.3 is 10.2 Å². The molecule has 0 saturated carbocycles. The maximum Gasteiger partial charge on any atom is 0.303 e. The van der Waals surface area contributed by atoms with Crippen LogP contribution in [0.1, 0.15) is 110 Å². The minimum atomic E-state index is -0.760. The molecule has 0 aromatic heterocycles. The van der Waals surface area contributed by atoms with Crippen molar-refractivity contribution in [2.24, 2.45) is 0 Å². The quantitative estimate of drug-likeness (QED) is 0.107. The van der Waals surface area contributed by atoms with Gasteiger partial charge in [0.15, 0.2) is 0 Å². The first-order chi connectivity index (χ1) is 14.6. The summed E-state index contributed by atoms with van der Waals surface area (Å²) in [6.07, 6.45) is 17.2. The molecule has 0 saturated heterocycles. The van der Waals surface area contributed by atoms with Crippen LogP contribution in [0.2, 0.25) is 0 Å². The van der Waals surface area contributed by atoms with Gasteiger partial charge in [-0.2, -0.15) is 0 Å². The number of unbranched alkanes of at least 4 members (excludes halogenated alkanes) is 11. The number of thioether (sulfide) groups is 2. The highest BCUT2D eigenvalue weighted by atomic mass is 32.2. The first-order valence-corrected chi connectivity index (χ1v) is 13.8. The summed E-state index contributed by atoms with van der Waals surface area (Å²) in [5.74, 6) is 6.63. The minimum Gasteiger partial charge on any atom is -0.481 e. The Morgan fingerprint density at radius 2 is 1.13 bits per heavy atom. The summed E-state index contributed by atoms with van der Waals surface area (Å²) >= 11 is 3.37. The molecule has 0 aliphatic heterocycles. The largest absolute Gasteiger partial charge is 0.481 e. The van der Waals surface area contributed by atoms with E-state index < -0.39 is 11.9 Å². The second kappa shape index (κ2) is 22.9. The number of carbonyl (C=O) groups is 2. The highest BCUT2D eigenvalue weighted by molar-refractivity contribution is 8.17. The van der Waals surface area contributed by atoms with E-state index in [4.69, 9.17) is 10.2 Å². The lowest BCUT2D eigenvalue weighted by atomic mass is 10.1. The van der Waals surface area contributed by atoms with E-state index in [0.29, 0.717) is 12.8 Å². The molecule has 0 rings (SSSR count). The van der Waals surface area contributed by atoms with Crippen LogP contribution in [-0.4, -0.2) is 38.2 Å². The van der Waals surface area contributed by atoms with E-state index >= 15 is 0 Å². The van der Waals surface area contributed by atoms with Gasteiger partial charge in [-0.3, -0.25) is 9.59 Å². The van der Waals surface area contributed by atoms with Crippen molar-refractivity contribution >= 4 is 35.5 Å². The second-order valence-corrected chi connectivity index (χ2v) is 10.4. The molecule has 174 valence electrons. The van der Waals surface area contributed by atoms with Crippen LogP contribution in [0.15, 0.2) is 0 Å². The van der Waals surface area contributed by atoms with Gasteiger partial charge in [-0.15, -0.1) is 29.4 Å². The lowest BCUT2D eigenvalue weighted by Crippen LogP contribution is -2.01. The minimum absolute atomic E-state index is 0.111. The molecule has 0 aromatic rings. The standard InChI is InChI=1S/C24H42O4S2/c1-2-3-4-5-6-7-8-9-10-11-12-13-14-19-24(29-20-15-17-22(25)26)30-21-16-18-23(27)28/h24H,2-13,15-18,20-21H2,1H3,(H,25,26)(H,27,28). The molecule has 4 nitrogen and oxygen atoms in total. The van der Waals surface area contributed by atoms with Crippen LogP contribution in [0.3, 0.4) is 0 Å². The van der Waals surface area contributed by atoms with E-state index in [1.165, 1.54) is 64.2 Å². The van der Waals surface area contributed by atoms with Gasteiger partial charge in [-0.05, 0) is 30.8 Å². The fraction of sp³-hybridized carbons (Fsp3) is 0.833. The highest BCUT2D eigenvalue weighted by Crippen LogP contribution is 2.25. The summed E-state index contributed by atoms with van der Waals surface area (Å²) in [6, 6.07) is 0. The SMILES string of the molecule is CCCCCCCCCCCCCC#CC(SCCCC(=O)O)SCCCC(=O)O. The van der Waals surface area contributed by atoms with Gasteiger partial charge in [0.05, 0.1) is 0 Å². The summed E-state index contributed by atoms with van der Waals surface area (Å²) in [6.45, 7) is 2.26. The number of hydrogen-bond donors (Lipinski definition) is 2. The zero-order chi connectivity index (χ0) is 22.3. The van der Waals surface area contributed by atoms with Gasteiger partial charge in [-0.25, -0.2) is 0 Å². The van der Waals surface area contributed by atoms with Crippen molar-refractivity contribution in [3.05, 3.63) is 0 Å². The first kappa shape index (κ1) is 29.2. The molecule has 6 heteroatoms. The summed E-state index contributed by atoms with van der Waals surface area (Å²) < 4.78 is 0.111. The fourth-order valence-electron chi connectivity index (χ4n) is 2.99. The molecule has 0 aliphatic rings. The molecule has 2 N–H and O–H groups in total. The number of rotatable bonds is 21. The van der Waals surface area contributed by atoms with Crippen molar-refractivity contribution in [1.82, 2.24) is 0 Å². The second-order valence-electron chi connectivity index (χ2n) is 7.67. The summed E-state index contributed by atoms with van der Waals surface area (Å²) in [4.78, 5) is 21.3. The highest BCUT2D eigenvalue weighted by Gasteiger charge is 2.08. The van der Waals surface area contributed by atoms with E-state index in [1.54, 1.807) is 23.5 Å². The monoisotopic (exact) mass is 458 g/mol. The Morgan fingerprint density at radius 1 is 0.700 bits per heavy atom. The van der Waals surface area contributed by atoms with E-state index in [-0.39, 0.29) is 17.4 Å². The van der Waals surface area contributed by atoms with E-state index in [0.717, 1.165) is 24.3 Å². The van der Waals surface area contributed by atoms with Crippen LogP contribution in [0.25, 0.3) is 0 Å². The Bertz CT molecular complexity index is 463. The topological polar surface area (TPSA) is 74.6 Å². The maximum atomic E-state index is 10.6. The van der Waals surface area contributed by atoms with E-state index in [1.807, 2.05) is 0 Å². The van der Waals surface area contributed by atoms with Gasteiger partial charge in [0.25, 0.3) is 0 Å². The molecule has 0 unspecified atom stereocenters. The average molecular weight is 459 g/mol. The first-order valence-electron chi connectivity index (χ1n) is 11.7. The van der Waals surface area contributed by atoms with Crippen molar-refractivity contribution in [3.8, 4) is 11.8 Å². The number of carboxylic acid groups (broad SMARTS) is 2. The van der Waals surface area contributed by atoms with Gasteiger partial charge >= 0.3 is 11.9 Å². The normalized spacial score (nSPS) is 10.7. The lowest BCUT2D eigenvalue weighted by molar-refractivity contribution is -0.138. The van der Waals surface area contributed by atoms with Gasteiger partial charge in [0.1, 0.15) is 4.58 Å². The van der Waals surface area contributed by atoms with E-state index in [2.05, 4.69) is 18.8 Å². The fourth-order valence-corrected chi connectivity index (χ4v) is 5.34. The molecule has 0 aromatic carbocycles. The summed E-state index contributed by atoms with van der Waals surface area (Å²) in [5, 5.41) is 17.5. The molecule has 0 bridgehead atoms. The van der Waals surface area contributed by atoms with Gasteiger partial charge in [0, 0.05) is 19.3 Å². The Morgan fingerprint density at radius 3 is 1.57 bits per heavy atom. The lowest BCUT2D eigenvalue weighted by Gasteiger charge is -2.09. The van der Waals surface area contributed by atoms with Crippen molar-refractivity contribution in [2.75, 3.05) is 11.5 Å². The third kappa shape index (κ3) is 23.5. The van der Waals surface area contributed by atoms with Crippen LogP contribution >= 0.6 is 23.5 Å². The molecule has 0 amide bonds. The van der Waals surface area contributed by atoms with Crippen molar-refractivity contribution in [1.29, 1.82) is 0 Å². The maximum absolute atomic E-state index is 10.6. The van der Waals surface area contributed by atoms with Crippen molar-refractivity contribution < 1.29 is 19.8 Å². The van der Waals surface area contributed by atoms with Gasteiger partial charge in [-0.1, -0.05) is 77.1 Å². The van der Waals surface area contributed by atoms with E-state index in [9.17, 15) is 9.59 Å². The van der Waals surface area contributed by atoms with Crippen LogP contribution in [-0.2, 0) is 9.59 Å². The molecular weight excluding hydrogens is 416 g/mol. The smallest absolute Gasteiger partial charge is 0.303 e. The zero-order valence-corrected chi connectivity index (χ0v) is 20.5. The van der Waals surface area contributed by atoms with Crippen LogP contribution in [0.4, 0.5) is 0 Å². The Hall–Kier alpha value is -0.800. The Balaban J connectivity index is 3.86. The third-order valence-corrected chi connectivity index (χ3v) is 7.44. The number of hydrogen-bond acceptors (Lipinski definition) is 4. The Labute approximate surface area is 192 Å². The van der Waals surface area contributed by atoms with Crippen molar-refractivity contribution in [2.45, 2.75) is 114 Å². The third-order valence-electron chi connectivity index (χ3n) is 4.73. The average Bonchev–Trinajstić information content (AvgIpc) is 2.70. The van der Waals surface area contributed by atoms with Crippen LogP contribution in [0, 0.1) is 11.8 Å². The molecule has 0 fully saturated rings. The predicted octanol–water partition coefficient (Wildman–Crippen LogP) is 7.21. The summed E-state index contributed by atoms with van der Waals surface area (Å²) in [5.41, 5.74) is 0. The number of aliphatic carboxylic acids is 2.